The van der Waals surface area contributed by atoms with Crippen molar-refractivity contribution in [3.8, 4) is 0 Å². The highest BCUT2D eigenvalue weighted by Crippen LogP contribution is 2.22. The summed E-state index contributed by atoms with van der Waals surface area (Å²) in [6.45, 7) is -0.426. The number of benzene rings is 1. The fourth-order valence-corrected chi connectivity index (χ4v) is 1.93. The van der Waals surface area contributed by atoms with Gasteiger partial charge in [-0.3, -0.25) is 14.7 Å². The van der Waals surface area contributed by atoms with E-state index in [1.54, 1.807) is 24.3 Å². The zero-order valence-electron chi connectivity index (χ0n) is 10.2. The van der Waals surface area contributed by atoms with Crippen molar-refractivity contribution < 1.29 is 19.1 Å². The van der Waals surface area contributed by atoms with Crippen LogP contribution in [0.2, 0.25) is 0 Å². The molecule has 0 aliphatic carbocycles. The molecule has 100 valence electrons. The normalized spacial score (nSPS) is 13.5. The number of hydrogen-bond donors (Lipinski definition) is 1. The van der Waals surface area contributed by atoms with Gasteiger partial charge in [-0.25, -0.2) is 9.69 Å². The second kappa shape index (κ2) is 4.61. The number of esters is 1. The van der Waals surface area contributed by atoms with Crippen LogP contribution in [0.5, 0.6) is 0 Å². The van der Waals surface area contributed by atoms with Crippen LogP contribution in [0.15, 0.2) is 36.5 Å². The molecule has 1 aromatic carbocycles. The Balaban J connectivity index is 1.73. The van der Waals surface area contributed by atoms with E-state index in [9.17, 15) is 14.4 Å². The quantitative estimate of drug-likeness (QED) is 0.659. The molecule has 1 aliphatic heterocycles. The fraction of sp³-hybridized carbons (Fsp3) is 0.0769. The van der Waals surface area contributed by atoms with Crippen LogP contribution in [-0.2, 0) is 4.74 Å². The van der Waals surface area contributed by atoms with Gasteiger partial charge in [-0.05, 0) is 18.2 Å². The van der Waals surface area contributed by atoms with Gasteiger partial charge < -0.3 is 4.74 Å². The first-order valence-electron chi connectivity index (χ1n) is 5.80. The summed E-state index contributed by atoms with van der Waals surface area (Å²) in [5.74, 6) is -1.62. The molecular formula is C13H9N3O4. The van der Waals surface area contributed by atoms with Crippen molar-refractivity contribution in [2.75, 3.05) is 6.73 Å². The maximum Gasteiger partial charge on any atom is 0.358 e. The molecule has 1 aromatic heterocycles. The van der Waals surface area contributed by atoms with Gasteiger partial charge in [0.2, 0.25) is 0 Å². The number of carbonyl (C=O) groups excluding carboxylic acids is 3. The van der Waals surface area contributed by atoms with Crippen LogP contribution in [-0.4, -0.2) is 39.6 Å². The van der Waals surface area contributed by atoms with Crippen LogP contribution in [0.3, 0.4) is 0 Å². The number of fused-ring (bicyclic) bond motifs is 1. The summed E-state index contributed by atoms with van der Waals surface area (Å²) in [4.78, 5) is 36.5. The number of ether oxygens (including phenoxy) is 1. The molecule has 0 saturated heterocycles. The van der Waals surface area contributed by atoms with E-state index in [0.717, 1.165) is 4.90 Å². The number of nitrogens with one attached hydrogen (secondary N) is 1. The van der Waals surface area contributed by atoms with Gasteiger partial charge >= 0.3 is 5.97 Å². The highest BCUT2D eigenvalue weighted by atomic mass is 16.5. The van der Waals surface area contributed by atoms with E-state index in [-0.39, 0.29) is 5.69 Å². The number of hydrogen-bond acceptors (Lipinski definition) is 5. The van der Waals surface area contributed by atoms with E-state index in [2.05, 4.69) is 10.2 Å². The van der Waals surface area contributed by atoms with Crippen LogP contribution in [0, 0.1) is 0 Å². The van der Waals surface area contributed by atoms with Gasteiger partial charge in [0.25, 0.3) is 11.8 Å². The Kier molecular flexibility index (Phi) is 2.79. The molecule has 0 fully saturated rings. The Hall–Kier alpha value is -2.96. The van der Waals surface area contributed by atoms with Gasteiger partial charge in [0.05, 0.1) is 11.1 Å². The highest BCUT2D eigenvalue weighted by molar-refractivity contribution is 6.21. The SMILES string of the molecule is O=C(OCN1C(=O)c2ccccc2C1=O)c1ccn[nH]1. The molecule has 3 rings (SSSR count). The molecule has 7 nitrogen and oxygen atoms in total. The molecule has 0 unspecified atom stereocenters. The maximum atomic E-state index is 12.0. The molecule has 2 amide bonds. The van der Waals surface area contributed by atoms with Gasteiger partial charge in [0.1, 0.15) is 5.69 Å². The predicted molar refractivity (Wildman–Crippen MR) is 65.8 cm³/mol. The lowest BCUT2D eigenvalue weighted by atomic mass is 10.1. The third-order valence-electron chi connectivity index (χ3n) is 2.92. The Morgan fingerprint density at radius 3 is 2.35 bits per heavy atom. The summed E-state index contributed by atoms with van der Waals surface area (Å²) >= 11 is 0. The van der Waals surface area contributed by atoms with Crippen LogP contribution < -0.4 is 0 Å². The minimum absolute atomic E-state index is 0.154. The second-order valence-corrected chi connectivity index (χ2v) is 4.12. The van der Waals surface area contributed by atoms with Gasteiger partial charge in [0.15, 0.2) is 6.73 Å². The largest absolute Gasteiger partial charge is 0.439 e. The molecule has 0 radical (unpaired) electrons. The molecule has 1 aliphatic rings. The predicted octanol–water partition coefficient (Wildman–Crippen LogP) is 0.820. The number of H-pyrrole nitrogens is 1. The molecule has 7 heteroatoms. The summed E-state index contributed by atoms with van der Waals surface area (Å²) in [7, 11) is 0. The van der Waals surface area contributed by atoms with Crippen molar-refractivity contribution in [1.82, 2.24) is 15.1 Å². The lowest BCUT2D eigenvalue weighted by Gasteiger charge is -2.13. The molecule has 0 saturated carbocycles. The molecule has 0 spiro atoms. The summed E-state index contributed by atoms with van der Waals surface area (Å²) in [6, 6.07) is 7.90. The molecule has 2 heterocycles. The van der Waals surface area contributed by atoms with E-state index < -0.39 is 24.5 Å². The van der Waals surface area contributed by atoms with Crippen LogP contribution in [0.4, 0.5) is 0 Å². The Morgan fingerprint density at radius 2 is 1.80 bits per heavy atom. The Labute approximate surface area is 113 Å². The zero-order chi connectivity index (χ0) is 14.1. The van der Waals surface area contributed by atoms with Gasteiger partial charge in [-0.2, -0.15) is 5.10 Å². The van der Waals surface area contributed by atoms with E-state index >= 15 is 0 Å². The Bertz CT molecular complexity index is 658. The number of aromatic amines is 1. The highest BCUT2D eigenvalue weighted by Gasteiger charge is 2.35. The van der Waals surface area contributed by atoms with Crippen molar-refractivity contribution in [1.29, 1.82) is 0 Å². The first kappa shape index (κ1) is 12.1. The summed E-state index contributed by atoms with van der Waals surface area (Å²) < 4.78 is 4.92. The third kappa shape index (κ3) is 1.85. The average molecular weight is 271 g/mol. The lowest BCUT2D eigenvalue weighted by molar-refractivity contribution is 0.0223. The van der Waals surface area contributed by atoms with Crippen molar-refractivity contribution in [2.24, 2.45) is 0 Å². The zero-order valence-corrected chi connectivity index (χ0v) is 10.2. The third-order valence-corrected chi connectivity index (χ3v) is 2.92. The van der Waals surface area contributed by atoms with Crippen LogP contribution >= 0.6 is 0 Å². The number of imide groups is 1. The molecule has 20 heavy (non-hydrogen) atoms. The maximum absolute atomic E-state index is 12.0. The average Bonchev–Trinajstić information content (AvgIpc) is 3.07. The summed E-state index contributed by atoms with van der Waals surface area (Å²) in [6.07, 6.45) is 1.40. The molecule has 2 aromatic rings. The summed E-state index contributed by atoms with van der Waals surface area (Å²) in [5, 5.41) is 6.05. The topological polar surface area (TPSA) is 92.4 Å². The van der Waals surface area contributed by atoms with Gasteiger partial charge in [-0.15, -0.1) is 0 Å². The van der Waals surface area contributed by atoms with E-state index in [1.165, 1.54) is 12.3 Å². The number of rotatable bonds is 3. The number of aromatic nitrogens is 2. The minimum Gasteiger partial charge on any atom is -0.439 e. The van der Waals surface area contributed by atoms with Crippen molar-refractivity contribution in [2.45, 2.75) is 0 Å². The van der Waals surface area contributed by atoms with Gasteiger partial charge in [0, 0.05) is 6.20 Å². The summed E-state index contributed by atoms with van der Waals surface area (Å²) in [5.41, 5.74) is 0.784. The number of amides is 2. The van der Waals surface area contributed by atoms with Crippen molar-refractivity contribution >= 4 is 17.8 Å². The first-order valence-corrected chi connectivity index (χ1v) is 5.80. The van der Waals surface area contributed by atoms with Gasteiger partial charge in [-0.1, -0.05) is 12.1 Å². The molecular weight excluding hydrogens is 262 g/mol. The molecule has 1 N–H and O–H groups in total. The van der Waals surface area contributed by atoms with E-state index in [4.69, 9.17) is 4.74 Å². The standard InChI is InChI=1S/C13H9N3O4/c17-11-8-3-1-2-4-9(8)12(18)16(11)7-20-13(19)10-5-6-14-15-10/h1-6H,7H2,(H,14,15). The fourth-order valence-electron chi connectivity index (χ4n) is 1.93. The van der Waals surface area contributed by atoms with Crippen molar-refractivity contribution in [3.05, 3.63) is 53.3 Å². The number of nitrogens with zero attached hydrogens (tertiary/aromatic N) is 2. The second-order valence-electron chi connectivity index (χ2n) is 4.12. The Morgan fingerprint density at radius 1 is 1.15 bits per heavy atom. The lowest BCUT2D eigenvalue weighted by Crippen LogP contribution is -2.33. The molecule has 0 bridgehead atoms. The van der Waals surface area contributed by atoms with Crippen LogP contribution in [0.25, 0.3) is 0 Å². The first-order chi connectivity index (χ1) is 9.68. The smallest absolute Gasteiger partial charge is 0.358 e. The van der Waals surface area contributed by atoms with E-state index in [1.807, 2.05) is 0 Å². The van der Waals surface area contributed by atoms with E-state index in [0.29, 0.717) is 11.1 Å². The minimum atomic E-state index is -0.681. The van der Waals surface area contributed by atoms with Crippen LogP contribution in [0.1, 0.15) is 31.2 Å². The molecule has 0 atom stereocenters. The number of carbonyl (C=O) groups is 3. The van der Waals surface area contributed by atoms with Crippen molar-refractivity contribution in [3.63, 3.8) is 0 Å². The monoisotopic (exact) mass is 271 g/mol.